The number of hydrogen-bond donors (Lipinski definition) is 0. The van der Waals surface area contributed by atoms with E-state index in [4.69, 9.17) is 28.4 Å². The van der Waals surface area contributed by atoms with E-state index in [2.05, 4.69) is 36.4 Å². The number of alkyl halides is 12. The Morgan fingerprint density at radius 2 is 0.396 bits per heavy atom. The second-order valence-corrected chi connectivity index (χ2v) is 25.8. The Morgan fingerprint density at radius 1 is 0.217 bits per heavy atom. The molecule has 6 nitrogen and oxygen atoms in total. The summed E-state index contributed by atoms with van der Waals surface area (Å²) in [7, 11) is 0. The van der Waals surface area contributed by atoms with Crippen molar-refractivity contribution in [3.8, 4) is 34.5 Å². The molecule has 560 valence electrons. The molecule has 0 aliphatic rings. The van der Waals surface area contributed by atoms with Gasteiger partial charge in [0.2, 0.25) is 0 Å². The molecule has 0 fully saturated rings. The van der Waals surface area contributed by atoms with Gasteiger partial charge in [0.15, 0.2) is 69.8 Å². The standard InChI is InChI=1S/C42H39O6Se.C28BF28/c1-4-16-34(17-5-1)43-28-31-46-37-22-10-13-25-40(37)49(41-26-14-11-23-38(41)47-32-29-44-35-18-6-2-7-19-35)42-27-15-12-24-39(42)48-33-30-45-36-20-8-3-9-21-36;30-9-1(25(46,47)48)5(13(34)21(42)17(9)38)29(6-2(26(49,50)51)10(31)18(39)22(43)14(6)35,7-3(27(52,53)54)11(32)19(40)23(44)15(7)36)8-4(28(55,56)57)12(33)20(41)24(45)16(8)37/h1-27H,28-33H2;/q+1;-1. The van der Waals surface area contributed by atoms with Gasteiger partial charge in [-0.1, -0.05) is 0 Å². The maximum absolute atomic E-state index is 16.0. The molecular formula is C70H39BF28O6Se. The molecule has 36 heteroatoms. The summed E-state index contributed by atoms with van der Waals surface area (Å²) in [5.74, 6) is -64.9. The molecule has 0 bridgehead atoms. The number of ether oxygens (including phenoxy) is 6. The van der Waals surface area contributed by atoms with Crippen LogP contribution in [0.25, 0.3) is 0 Å². The first-order chi connectivity index (χ1) is 49.9. The van der Waals surface area contributed by atoms with Gasteiger partial charge in [-0.15, -0.1) is 21.9 Å². The molecule has 0 unspecified atom stereocenters. The zero-order valence-corrected chi connectivity index (χ0v) is 54.1. The van der Waals surface area contributed by atoms with Crippen molar-refractivity contribution >= 4 is 55.3 Å². The summed E-state index contributed by atoms with van der Waals surface area (Å²) < 4.78 is 458. The Hall–Kier alpha value is -10.4. The summed E-state index contributed by atoms with van der Waals surface area (Å²) in [6.45, 7) is 2.46. The SMILES string of the molecule is Fc1c(F)c(F)c(C(F)(F)F)c([B-](c2c(F)c(F)c(F)c(F)c2C(F)(F)F)(c2c(F)c(F)c(F)c(F)c2C(F)(F)F)c2c(F)c(F)c(F)c(F)c2C(F)(F)F)c1F.c1ccc(OCCOc2ccccc2[Se+](c2ccccc2OCCOc2ccccc2)c2ccccc2OCCOc2ccccc2)cc1. The van der Waals surface area contributed by atoms with E-state index < -0.39 is 182 Å². The number of benzene rings is 10. The molecule has 0 saturated heterocycles. The Balaban J connectivity index is 0.000000248. The number of para-hydroxylation sites is 6. The van der Waals surface area contributed by atoms with E-state index in [-0.39, 0.29) is 0 Å². The van der Waals surface area contributed by atoms with Crippen LogP contribution in [0.2, 0.25) is 0 Å². The van der Waals surface area contributed by atoms with Crippen LogP contribution in [0.15, 0.2) is 164 Å². The summed E-state index contributed by atoms with van der Waals surface area (Å²) in [6.07, 6.45) is -39.5. The summed E-state index contributed by atoms with van der Waals surface area (Å²) in [5.41, 5.74) is -38.1. The van der Waals surface area contributed by atoms with Gasteiger partial charge < -0.3 is 0 Å². The molecule has 0 aliphatic carbocycles. The van der Waals surface area contributed by atoms with Crippen LogP contribution in [0, 0.1) is 93.1 Å². The van der Waals surface area contributed by atoms with Gasteiger partial charge in [0, 0.05) is 0 Å². The van der Waals surface area contributed by atoms with Crippen molar-refractivity contribution in [2.45, 2.75) is 24.7 Å². The summed E-state index contributed by atoms with van der Waals surface area (Å²) in [5, 5.41) is 0. The van der Waals surface area contributed by atoms with Crippen LogP contribution in [0.3, 0.4) is 0 Å². The first-order valence-corrected chi connectivity index (χ1v) is 32.3. The van der Waals surface area contributed by atoms with Gasteiger partial charge in [-0.3, -0.25) is 0 Å². The molecule has 0 heterocycles. The third-order valence-electron chi connectivity index (χ3n) is 15.3. The summed E-state index contributed by atoms with van der Waals surface area (Å²) in [6, 6.07) is 54.1. The van der Waals surface area contributed by atoms with Crippen LogP contribution in [-0.2, 0) is 24.7 Å². The van der Waals surface area contributed by atoms with Crippen molar-refractivity contribution < 1.29 is 151 Å². The monoisotopic (exact) mass is 1600 g/mol. The molecule has 0 radical (unpaired) electrons. The Labute approximate surface area is 582 Å². The average Bonchev–Trinajstić information content (AvgIpc) is 0.667. The van der Waals surface area contributed by atoms with Crippen LogP contribution in [0.5, 0.6) is 34.5 Å². The van der Waals surface area contributed by atoms with E-state index in [9.17, 15) is 87.8 Å². The molecule has 0 N–H and O–H groups in total. The predicted molar refractivity (Wildman–Crippen MR) is 326 cm³/mol. The third-order valence-corrected chi connectivity index (χ3v) is 20.2. The van der Waals surface area contributed by atoms with Crippen LogP contribution in [-0.4, -0.2) is 59.7 Å². The van der Waals surface area contributed by atoms with E-state index in [1.165, 1.54) is 0 Å². The number of rotatable bonds is 22. The molecule has 0 aromatic heterocycles. The van der Waals surface area contributed by atoms with E-state index in [0.717, 1.165) is 47.9 Å². The molecule has 10 aromatic carbocycles. The number of hydrogen-bond acceptors (Lipinski definition) is 6. The van der Waals surface area contributed by atoms with Crippen molar-refractivity contribution in [1.29, 1.82) is 0 Å². The van der Waals surface area contributed by atoms with Crippen molar-refractivity contribution in [2.75, 3.05) is 39.6 Å². The molecule has 0 spiro atoms. The molecule has 10 aromatic rings. The van der Waals surface area contributed by atoms with Crippen LogP contribution < -0.4 is 63.7 Å². The minimum absolute atomic E-state index is 0.398. The molecule has 10 rings (SSSR count). The zero-order valence-electron chi connectivity index (χ0n) is 52.3. The van der Waals surface area contributed by atoms with Gasteiger partial charge in [0.25, 0.3) is 0 Å². The van der Waals surface area contributed by atoms with Crippen molar-refractivity contribution in [2.24, 2.45) is 0 Å². The zero-order chi connectivity index (χ0) is 77.7. The van der Waals surface area contributed by atoms with Crippen LogP contribution in [0.4, 0.5) is 123 Å². The summed E-state index contributed by atoms with van der Waals surface area (Å²) in [4.78, 5) is 0. The fourth-order valence-electron chi connectivity index (χ4n) is 11.2. The third kappa shape index (κ3) is 16.1. The Kier molecular flexibility index (Phi) is 24.2. The quantitative estimate of drug-likeness (QED) is 0.0222. The van der Waals surface area contributed by atoms with E-state index >= 15 is 35.1 Å². The van der Waals surface area contributed by atoms with Gasteiger partial charge in [0.05, 0.1) is 22.3 Å². The molecule has 106 heavy (non-hydrogen) atoms. The van der Waals surface area contributed by atoms with Gasteiger partial charge in [0.1, 0.15) is 29.4 Å². The van der Waals surface area contributed by atoms with E-state index in [0.29, 0.717) is 39.6 Å². The fourth-order valence-corrected chi connectivity index (χ4v) is 16.2. The first kappa shape index (κ1) is 79.7. The van der Waals surface area contributed by atoms with Crippen molar-refractivity contribution in [3.05, 3.63) is 279 Å². The van der Waals surface area contributed by atoms with Crippen molar-refractivity contribution in [3.63, 3.8) is 0 Å². The van der Waals surface area contributed by atoms with Gasteiger partial charge in [-0.05, 0) is 0 Å². The second-order valence-electron chi connectivity index (χ2n) is 21.7. The van der Waals surface area contributed by atoms with Gasteiger partial charge >= 0.3 is 318 Å². The topological polar surface area (TPSA) is 55.4 Å². The van der Waals surface area contributed by atoms with Crippen LogP contribution >= 0.6 is 0 Å². The Morgan fingerprint density at radius 3 is 0.604 bits per heavy atom. The molecular weight excluding hydrogens is 1560 g/mol. The average molecular weight is 1600 g/mol. The first-order valence-electron chi connectivity index (χ1n) is 29.7. The maximum atomic E-state index is 16.0. The normalized spacial score (nSPS) is 12.1. The Bertz CT molecular complexity index is 4290. The predicted octanol–water partition coefficient (Wildman–Crippen LogP) is 15.9. The molecule has 0 saturated carbocycles. The molecule has 0 amide bonds. The molecule has 0 aliphatic heterocycles. The van der Waals surface area contributed by atoms with Gasteiger partial charge in [-0.2, -0.15) is 52.7 Å². The summed E-state index contributed by atoms with van der Waals surface area (Å²) >= 11 is -2.06. The van der Waals surface area contributed by atoms with E-state index in [1.807, 2.05) is 127 Å². The fraction of sp³-hybridized carbons (Fsp3) is 0.143. The van der Waals surface area contributed by atoms with Gasteiger partial charge in [-0.25, -0.2) is 70.2 Å². The number of halogens is 28. The van der Waals surface area contributed by atoms with Crippen molar-refractivity contribution in [1.82, 2.24) is 0 Å². The van der Waals surface area contributed by atoms with E-state index in [1.54, 1.807) is 0 Å². The second kappa shape index (κ2) is 32.1. The van der Waals surface area contributed by atoms with Crippen LogP contribution in [0.1, 0.15) is 22.3 Å². The molecule has 0 atom stereocenters. The minimum atomic E-state index is -8.89.